The summed E-state index contributed by atoms with van der Waals surface area (Å²) in [5.74, 6) is 1.71. The van der Waals surface area contributed by atoms with Gasteiger partial charge in [-0.05, 0) is 105 Å². The van der Waals surface area contributed by atoms with Crippen molar-refractivity contribution in [3.8, 4) is 5.75 Å². The van der Waals surface area contributed by atoms with Crippen LogP contribution in [0.15, 0.2) is 59.6 Å². The Morgan fingerprint density at radius 1 is 1.10 bits per heavy atom. The van der Waals surface area contributed by atoms with E-state index in [9.17, 15) is 8.42 Å². The van der Waals surface area contributed by atoms with Crippen LogP contribution in [-0.2, 0) is 18.7 Å². The van der Waals surface area contributed by atoms with Crippen LogP contribution < -0.4 is 4.74 Å². The molecule has 3 aliphatic heterocycles. The van der Waals surface area contributed by atoms with E-state index in [1.807, 2.05) is 25.3 Å². The first-order chi connectivity index (χ1) is 19.8. The van der Waals surface area contributed by atoms with Crippen molar-refractivity contribution in [2.75, 3.05) is 26.8 Å². The highest BCUT2D eigenvalue weighted by Crippen LogP contribution is 2.48. The third kappa shape index (κ3) is 6.45. The molecule has 2 bridgehead atoms. The first-order valence-corrected chi connectivity index (χ1v) is 19.4. The van der Waals surface area contributed by atoms with Crippen molar-refractivity contribution in [1.82, 2.24) is 9.88 Å². The molecule has 0 radical (unpaired) electrons. The van der Waals surface area contributed by atoms with E-state index in [0.717, 1.165) is 54.6 Å². The van der Waals surface area contributed by atoms with Gasteiger partial charge in [-0.15, -0.1) is 0 Å². The lowest BCUT2D eigenvalue weighted by atomic mass is 9.72. The molecule has 4 heterocycles. The maximum Gasteiger partial charge on any atom is 0.296 e. The van der Waals surface area contributed by atoms with Gasteiger partial charge < -0.3 is 9.16 Å². The van der Waals surface area contributed by atoms with Crippen LogP contribution in [0.1, 0.15) is 57.3 Å². The Morgan fingerprint density at radius 3 is 2.48 bits per heavy atom. The number of rotatable bonds is 10. The molecule has 3 aliphatic rings. The van der Waals surface area contributed by atoms with Crippen LogP contribution in [0.4, 0.5) is 0 Å². The Bertz CT molecular complexity index is 1500. The molecule has 7 nitrogen and oxygen atoms in total. The second-order valence-corrected chi connectivity index (χ2v) is 19.9. The van der Waals surface area contributed by atoms with Crippen molar-refractivity contribution in [2.24, 2.45) is 11.8 Å². The summed E-state index contributed by atoms with van der Waals surface area (Å²) in [4.78, 5) is 7.46. The molecular formula is C33H46N2O5SSi. The Balaban J connectivity index is 1.37. The highest BCUT2D eigenvalue weighted by Gasteiger charge is 2.47. The van der Waals surface area contributed by atoms with Gasteiger partial charge in [0.15, 0.2) is 8.32 Å². The molecule has 5 atom stereocenters. The molecule has 1 aromatic heterocycles. The summed E-state index contributed by atoms with van der Waals surface area (Å²) in [7, 11) is -4.19. The van der Waals surface area contributed by atoms with Crippen LogP contribution >= 0.6 is 0 Å². The molecule has 0 aliphatic carbocycles. The van der Waals surface area contributed by atoms with Crippen LogP contribution in [0.3, 0.4) is 0 Å². The SMILES string of the molecule is COc1ccc2nccc([C@@H](O[Si](C)(C)C(C)(C)C)[C@@H]3C[C@@H]4CCN3C[C@@H]4CCOS(=O)(=O)c3ccc(C)cc3)c2c1. The van der Waals surface area contributed by atoms with Gasteiger partial charge >= 0.3 is 0 Å². The van der Waals surface area contributed by atoms with Crippen molar-refractivity contribution in [3.63, 3.8) is 0 Å². The van der Waals surface area contributed by atoms with Gasteiger partial charge in [0.2, 0.25) is 0 Å². The Kier molecular flexibility index (Phi) is 8.89. The van der Waals surface area contributed by atoms with Crippen LogP contribution in [-0.4, -0.2) is 59.5 Å². The first kappa shape index (κ1) is 31.1. The molecule has 2 aromatic carbocycles. The number of fused-ring (bicyclic) bond motifs is 4. The van der Waals surface area contributed by atoms with E-state index in [-0.39, 0.29) is 28.7 Å². The van der Waals surface area contributed by atoms with E-state index in [1.54, 1.807) is 31.4 Å². The summed E-state index contributed by atoms with van der Waals surface area (Å²) in [5.41, 5.74) is 3.13. The Morgan fingerprint density at radius 2 is 1.83 bits per heavy atom. The highest BCUT2D eigenvalue weighted by molar-refractivity contribution is 7.86. The van der Waals surface area contributed by atoms with E-state index in [0.29, 0.717) is 11.8 Å². The largest absolute Gasteiger partial charge is 0.497 e. The summed E-state index contributed by atoms with van der Waals surface area (Å²) in [5, 5.41) is 1.15. The minimum absolute atomic E-state index is 0.0671. The van der Waals surface area contributed by atoms with Crippen molar-refractivity contribution in [2.45, 2.75) is 82.1 Å². The van der Waals surface area contributed by atoms with Crippen molar-refractivity contribution in [3.05, 3.63) is 65.9 Å². The molecule has 3 fully saturated rings. The fourth-order valence-electron chi connectivity index (χ4n) is 6.27. The van der Waals surface area contributed by atoms with Gasteiger partial charge in [-0.3, -0.25) is 14.1 Å². The third-order valence-corrected chi connectivity index (χ3v) is 15.6. The molecular weight excluding hydrogens is 565 g/mol. The fourth-order valence-corrected chi connectivity index (χ4v) is 8.46. The minimum Gasteiger partial charge on any atom is -0.497 e. The molecule has 0 N–H and O–H groups in total. The molecule has 3 aromatic rings. The summed E-state index contributed by atoms with van der Waals surface area (Å²) >= 11 is 0. The molecule has 9 heteroatoms. The Hall–Kier alpha value is -2.30. The lowest BCUT2D eigenvalue weighted by Gasteiger charge is -2.53. The standard InChI is InChI=1S/C33H46N2O5SSi/c1-23-8-11-27(12-9-23)41(36,37)39-19-16-25-22-35-18-15-24(25)20-31(35)32(40-42(6,7)33(2,3)4)28-14-17-34-30-13-10-26(38-5)21-29(28)30/h8-14,17,21,24-25,31-32H,15-16,18-20,22H2,1-7H3/t24-,25-,31-,32+/m0/s1. The van der Waals surface area contributed by atoms with E-state index >= 15 is 0 Å². The lowest BCUT2D eigenvalue weighted by molar-refractivity contribution is -0.0551. The zero-order valence-electron chi connectivity index (χ0n) is 26.1. The van der Waals surface area contributed by atoms with Gasteiger partial charge in [-0.25, -0.2) is 0 Å². The Labute approximate surface area is 252 Å². The smallest absolute Gasteiger partial charge is 0.296 e. The molecule has 42 heavy (non-hydrogen) atoms. The summed E-state index contributed by atoms with van der Waals surface area (Å²) in [6.07, 6.45) is 4.66. The second kappa shape index (κ2) is 12.0. The van der Waals surface area contributed by atoms with E-state index in [2.05, 4.69) is 55.9 Å². The molecule has 228 valence electrons. The zero-order valence-corrected chi connectivity index (χ0v) is 27.9. The van der Waals surface area contributed by atoms with Crippen molar-refractivity contribution >= 4 is 29.3 Å². The molecule has 0 spiro atoms. The minimum atomic E-state index is -3.76. The molecule has 3 saturated heterocycles. The predicted octanol–water partition coefficient (Wildman–Crippen LogP) is 7.12. The maximum absolute atomic E-state index is 12.8. The average Bonchev–Trinajstić information content (AvgIpc) is 2.95. The lowest BCUT2D eigenvalue weighted by Crippen LogP contribution is -2.57. The van der Waals surface area contributed by atoms with Crippen molar-refractivity contribution < 1.29 is 21.8 Å². The van der Waals surface area contributed by atoms with Gasteiger partial charge in [0.1, 0.15) is 5.75 Å². The zero-order chi connectivity index (χ0) is 30.3. The highest BCUT2D eigenvalue weighted by atomic mass is 32.2. The van der Waals surface area contributed by atoms with Gasteiger partial charge in [0.25, 0.3) is 10.1 Å². The number of methoxy groups -OCH3 is 1. The van der Waals surface area contributed by atoms with E-state index in [1.165, 1.54) is 5.56 Å². The number of benzene rings is 2. The second-order valence-electron chi connectivity index (χ2n) is 13.6. The molecule has 1 unspecified atom stereocenters. The summed E-state index contributed by atoms with van der Waals surface area (Å²) in [6, 6.07) is 15.3. The van der Waals surface area contributed by atoms with Crippen LogP contribution in [0.25, 0.3) is 10.9 Å². The van der Waals surface area contributed by atoms with Gasteiger partial charge in [-0.1, -0.05) is 38.5 Å². The number of aromatic nitrogens is 1. The van der Waals surface area contributed by atoms with Gasteiger partial charge in [0.05, 0.1) is 30.2 Å². The predicted molar refractivity (Wildman–Crippen MR) is 170 cm³/mol. The van der Waals surface area contributed by atoms with Crippen LogP contribution in [0.2, 0.25) is 18.1 Å². The number of nitrogens with zero attached hydrogens (tertiary/aromatic N) is 2. The molecule has 6 rings (SSSR count). The number of hydrogen-bond acceptors (Lipinski definition) is 7. The van der Waals surface area contributed by atoms with Crippen LogP contribution in [0, 0.1) is 18.8 Å². The van der Waals surface area contributed by atoms with Crippen molar-refractivity contribution in [1.29, 1.82) is 0 Å². The number of piperidine rings is 3. The number of ether oxygens (including phenoxy) is 1. The van der Waals surface area contributed by atoms with Gasteiger partial charge in [-0.2, -0.15) is 8.42 Å². The topological polar surface area (TPSA) is 78.0 Å². The molecule has 0 saturated carbocycles. The average molecular weight is 611 g/mol. The van der Waals surface area contributed by atoms with Gasteiger partial charge in [0, 0.05) is 24.2 Å². The monoisotopic (exact) mass is 610 g/mol. The number of hydrogen-bond donors (Lipinski definition) is 0. The maximum atomic E-state index is 12.8. The third-order valence-electron chi connectivity index (χ3n) is 9.84. The summed E-state index contributed by atoms with van der Waals surface area (Å²) in [6.45, 7) is 15.6. The van der Waals surface area contributed by atoms with Crippen LogP contribution in [0.5, 0.6) is 5.75 Å². The van der Waals surface area contributed by atoms with E-state index in [4.69, 9.17) is 13.3 Å². The molecule has 0 amide bonds. The first-order valence-electron chi connectivity index (χ1n) is 15.1. The normalized spacial score (nSPS) is 23.7. The number of aryl methyl sites for hydroxylation is 1. The number of pyridine rings is 1. The van der Waals surface area contributed by atoms with E-state index < -0.39 is 18.4 Å². The summed E-state index contributed by atoms with van der Waals surface area (Å²) < 4.78 is 43.9. The quantitative estimate of drug-likeness (QED) is 0.179. The fraction of sp³-hybridized carbons (Fsp3) is 0.545.